The summed E-state index contributed by atoms with van der Waals surface area (Å²) in [5.41, 5.74) is 1.74. The minimum absolute atomic E-state index is 0.0515. The molecule has 3 N–H and O–H groups in total. The molecule has 0 bridgehead atoms. The molecule has 144 valence electrons. The van der Waals surface area contributed by atoms with E-state index in [-0.39, 0.29) is 12.5 Å². The number of nitrogens with one attached hydrogen (secondary N) is 3. The van der Waals surface area contributed by atoms with E-state index in [9.17, 15) is 14.4 Å². The smallest absolute Gasteiger partial charge is 0.321 e. The highest BCUT2D eigenvalue weighted by molar-refractivity contribution is 5.97. The van der Waals surface area contributed by atoms with Crippen LogP contribution in [0.15, 0.2) is 30.5 Å². The van der Waals surface area contributed by atoms with Gasteiger partial charge < -0.3 is 15.0 Å². The predicted octanol–water partition coefficient (Wildman–Crippen LogP) is 2.80. The van der Waals surface area contributed by atoms with Crippen LogP contribution in [0.3, 0.4) is 0 Å². The van der Waals surface area contributed by atoms with Crippen molar-refractivity contribution < 1.29 is 19.1 Å². The first-order valence-electron chi connectivity index (χ1n) is 9.39. The fourth-order valence-electron chi connectivity index (χ4n) is 3.41. The third kappa shape index (κ3) is 5.09. The maximum atomic E-state index is 12.2. The van der Waals surface area contributed by atoms with E-state index in [1.165, 1.54) is 13.3 Å². The fraction of sp³-hybridized carbons (Fsp3) is 0.450. The zero-order valence-electron chi connectivity index (χ0n) is 15.4. The van der Waals surface area contributed by atoms with Crippen LogP contribution in [0.25, 0.3) is 10.9 Å². The van der Waals surface area contributed by atoms with Crippen molar-refractivity contribution in [1.29, 1.82) is 0 Å². The number of fused-ring (bicyclic) bond motifs is 1. The highest BCUT2D eigenvalue weighted by atomic mass is 16.5. The SMILES string of the molecule is C[C@@H](OC(=O)Cc1c[nH]c2ccccc12)C(=O)NC(=O)NC1CCCCC1. The molecule has 0 spiro atoms. The molecular weight excluding hydrogens is 346 g/mol. The topological polar surface area (TPSA) is 100 Å². The molecule has 0 radical (unpaired) electrons. The molecule has 1 fully saturated rings. The minimum atomic E-state index is -1.04. The summed E-state index contributed by atoms with van der Waals surface area (Å²) in [6.07, 6.45) is 5.97. The van der Waals surface area contributed by atoms with E-state index in [1.54, 1.807) is 6.20 Å². The number of urea groups is 1. The van der Waals surface area contributed by atoms with Gasteiger partial charge in [-0.25, -0.2) is 4.79 Å². The van der Waals surface area contributed by atoms with E-state index in [1.807, 2.05) is 24.3 Å². The van der Waals surface area contributed by atoms with Crippen molar-refractivity contribution in [2.45, 2.75) is 57.6 Å². The van der Waals surface area contributed by atoms with Crippen LogP contribution >= 0.6 is 0 Å². The maximum absolute atomic E-state index is 12.2. The molecule has 7 nitrogen and oxygen atoms in total. The first kappa shape index (κ1) is 18.9. The predicted molar refractivity (Wildman–Crippen MR) is 101 cm³/mol. The number of aromatic nitrogens is 1. The Morgan fingerprint density at radius 3 is 2.70 bits per heavy atom. The Bertz CT molecular complexity index is 823. The average molecular weight is 371 g/mol. The Hall–Kier alpha value is -2.83. The van der Waals surface area contributed by atoms with Crippen LogP contribution in [0.5, 0.6) is 0 Å². The summed E-state index contributed by atoms with van der Waals surface area (Å²) in [5, 5.41) is 5.99. The van der Waals surface area contributed by atoms with Gasteiger partial charge in [-0.3, -0.25) is 14.9 Å². The van der Waals surface area contributed by atoms with Gasteiger partial charge in [0.25, 0.3) is 5.91 Å². The lowest BCUT2D eigenvalue weighted by molar-refractivity contribution is -0.153. The van der Waals surface area contributed by atoms with Gasteiger partial charge in [-0.1, -0.05) is 37.5 Å². The van der Waals surface area contributed by atoms with E-state index in [0.717, 1.165) is 42.1 Å². The molecule has 1 atom stereocenters. The molecule has 2 aromatic rings. The number of hydrogen-bond acceptors (Lipinski definition) is 4. The summed E-state index contributed by atoms with van der Waals surface area (Å²) < 4.78 is 5.18. The number of aromatic amines is 1. The van der Waals surface area contributed by atoms with Crippen molar-refractivity contribution in [2.75, 3.05) is 0 Å². The highest BCUT2D eigenvalue weighted by Gasteiger charge is 2.22. The summed E-state index contributed by atoms with van der Waals surface area (Å²) in [7, 11) is 0. The zero-order valence-corrected chi connectivity index (χ0v) is 15.4. The van der Waals surface area contributed by atoms with Crippen molar-refractivity contribution >= 4 is 28.8 Å². The van der Waals surface area contributed by atoms with Crippen molar-refractivity contribution in [1.82, 2.24) is 15.6 Å². The van der Waals surface area contributed by atoms with Crippen molar-refractivity contribution in [3.05, 3.63) is 36.0 Å². The van der Waals surface area contributed by atoms with Gasteiger partial charge in [0.2, 0.25) is 0 Å². The molecule has 1 saturated carbocycles. The Morgan fingerprint density at radius 2 is 1.93 bits per heavy atom. The number of H-pyrrole nitrogens is 1. The van der Waals surface area contributed by atoms with Gasteiger partial charge in [0.15, 0.2) is 6.10 Å². The summed E-state index contributed by atoms with van der Waals surface area (Å²) in [6.45, 7) is 1.45. The van der Waals surface area contributed by atoms with Crippen molar-refractivity contribution in [3.8, 4) is 0 Å². The molecule has 1 aromatic heterocycles. The number of esters is 1. The van der Waals surface area contributed by atoms with Gasteiger partial charge in [0, 0.05) is 23.1 Å². The number of hydrogen-bond donors (Lipinski definition) is 3. The molecule has 27 heavy (non-hydrogen) atoms. The van der Waals surface area contributed by atoms with E-state index < -0.39 is 24.0 Å². The standard InChI is InChI=1S/C20H25N3O4/c1-13(19(25)23-20(26)22-15-7-3-2-4-8-15)27-18(24)11-14-12-21-17-10-6-5-9-16(14)17/h5-6,9-10,12-13,15,21H,2-4,7-8,11H2,1H3,(H2,22,23,25,26)/t13-/m1/s1. The molecule has 0 saturated heterocycles. The summed E-state index contributed by atoms with van der Waals surface area (Å²) >= 11 is 0. The van der Waals surface area contributed by atoms with E-state index in [4.69, 9.17) is 4.74 Å². The van der Waals surface area contributed by atoms with Crippen LogP contribution in [0, 0.1) is 0 Å². The first-order chi connectivity index (χ1) is 13.0. The third-order valence-corrected chi connectivity index (χ3v) is 4.86. The van der Waals surface area contributed by atoms with E-state index >= 15 is 0 Å². The molecule has 3 amide bonds. The molecule has 0 unspecified atom stereocenters. The third-order valence-electron chi connectivity index (χ3n) is 4.86. The lowest BCUT2D eigenvalue weighted by atomic mass is 9.96. The lowest BCUT2D eigenvalue weighted by Crippen LogP contribution is -2.48. The minimum Gasteiger partial charge on any atom is -0.452 e. The highest BCUT2D eigenvalue weighted by Crippen LogP contribution is 2.19. The number of ether oxygens (including phenoxy) is 1. The van der Waals surface area contributed by atoms with E-state index in [2.05, 4.69) is 15.6 Å². The largest absolute Gasteiger partial charge is 0.452 e. The summed E-state index contributed by atoms with van der Waals surface area (Å²) in [5.74, 6) is -1.15. The Balaban J connectivity index is 1.47. The Kier molecular flexibility index (Phi) is 6.11. The maximum Gasteiger partial charge on any atom is 0.321 e. The lowest BCUT2D eigenvalue weighted by Gasteiger charge is -2.23. The van der Waals surface area contributed by atoms with Crippen LogP contribution in [0.2, 0.25) is 0 Å². The van der Waals surface area contributed by atoms with Gasteiger partial charge in [0.1, 0.15) is 0 Å². The second kappa shape index (κ2) is 8.70. The number of benzene rings is 1. The first-order valence-corrected chi connectivity index (χ1v) is 9.39. The van der Waals surface area contributed by atoms with Gasteiger partial charge in [-0.05, 0) is 31.4 Å². The normalized spacial score (nSPS) is 15.9. The van der Waals surface area contributed by atoms with Crippen LogP contribution < -0.4 is 10.6 Å². The zero-order chi connectivity index (χ0) is 19.2. The summed E-state index contributed by atoms with van der Waals surface area (Å²) in [6, 6.07) is 7.21. The Labute approximate surface area is 157 Å². The van der Waals surface area contributed by atoms with Crippen LogP contribution in [0.1, 0.15) is 44.6 Å². The molecule has 3 rings (SSSR count). The van der Waals surface area contributed by atoms with Gasteiger partial charge in [-0.15, -0.1) is 0 Å². The average Bonchev–Trinajstić information content (AvgIpc) is 3.05. The molecule has 1 aromatic carbocycles. The number of carbonyl (C=O) groups is 3. The second-order valence-electron chi connectivity index (χ2n) is 6.97. The number of imide groups is 1. The number of amides is 3. The molecule has 1 heterocycles. The van der Waals surface area contributed by atoms with Crippen LogP contribution in [0.4, 0.5) is 4.79 Å². The monoisotopic (exact) mass is 371 g/mol. The molecular formula is C20H25N3O4. The van der Waals surface area contributed by atoms with E-state index in [0.29, 0.717) is 0 Å². The number of para-hydroxylation sites is 1. The molecule has 1 aliphatic carbocycles. The van der Waals surface area contributed by atoms with Gasteiger partial charge in [-0.2, -0.15) is 0 Å². The second-order valence-corrected chi connectivity index (χ2v) is 6.97. The Morgan fingerprint density at radius 1 is 1.19 bits per heavy atom. The van der Waals surface area contributed by atoms with Crippen LogP contribution in [-0.2, 0) is 20.7 Å². The fourth-order valence-corrected chi connectivity index (χ4v) is 3.41. The summed E-state index contributed by atoms with van der Waals surface area (Å²) in [4.78, 5) is 39.3. The van der Waals surface area contributed by atoms with Gasteiger partial charge in [0.05, 0.1) is 6.42 Å². The number of carbonyl (C=O) groups excluding carboxylic acids is 3. The molecule has 1 aliphatic rings. The van der Waals surface area contributed by atoms with Crippen LogP contribution in [-0.4, -0.2) is 35.0 Å². The van der Waals surface area contributed by atoms with Crippen molar-refractivity contribution in [2.24, 2.45) is 0 Å². The number of rotatable bonds is 5. The van der Waals surface area contributed by atoms with Crippen molar-refractivity contribution in [3.63, 3.8) is 0 Å². The van der Waals surface area contributed by atoms with Gasteiger partial charge >= 0.3 is 12.0 Å². The molecule has 7 heteroatoms. The quantitative estimate of drug-likeness (QED) is 0.704. The molecule has 0 aliphatic heterocycles.